The summed E-state index contributed by atoms with van der Waals surface area (Å²) < 4.78 is 6.08. The molecule has 0 radical (unpaired) electrons. The van der Waals surface area contributed by atoms with Crippen LogP contribution in [0.2, 0.25) is 0 Å². The van der Waals surface area contributed by atoms with Gasteiger partial charge in [0.25, 0.3) is 5.91 Å². The van der Waals surface area contributed by atoms with E-state index in [2.05, 4.69) is 4.98 Å². The van der Waals surface area contributed by atoms with E-state index >= 15 is 0 Å². The molecule has 0 aliphatic carbocycles. The summed E-state index contributed by atoms with van der Waals surface area (Å²) in [5.74, 6) is -0.652. The molecule has 2 heterocycles. The Morgan fingerprint density at radius 1 is 1.35 bits per heavy atom. The van der Waals surface area contributed by atoms with Crippen molar-refractivity contribution in [2.75, 3.05) is 13.2 Å². The molecule has 1 aromatic carbocycles. The summed E-state index contributed by atoms with van der Waals surface area (Å²) in [6, 6.07) is 7.14. The van der Waals surface area contributed by atoms with Crippen LogP contribution in [0, 0.1) is 6.92 Å². The maximum atomic E-state index is 12.4. The van der Waals surface area contributed by atoms with Crippen LogP contribution in [0.4, 0.5) is 0 Å². The summed E-state index contributed by atoms with van der Waals surface area (Å²) in [6.07, 6.45) is 1.03. The molecule has 1 aromatic heterocycles. The molecule has 2 aromatic rings. The molecule has 1 saturated heterocycles. The third-order valence-electron chi connectivity index (χ3n) is 3.89. The van der Waals surface area contributed by atoms with Crippen LogP contribution >= 0.6 is 23.1 Å². The molecule has 136 valence electrons. The number of imide groups is 1. The number of aryl methyl sites for hydroxylation is 1. The first kappa shape index (κ1) is 18.6. The Kier molecular flexibility index (Phi) is 6.05. The van der Waals surface area contributed by atoms with Crippen molar-refractivity contribution in [3.63, 3.8) is 0 Å². The van der Waals surface area contributed by atoms with Crippen LogP contribution in [0.5, 0.6) is 0 Å². The number of nitrogens with zero attached hydrogens (tertiary/aromatic N) is 2. The van der Waals surface area contributed by atoms with Gasteiger partial charge in [0, 0.05) is 29.8 Å². The number of hydrogen-bond acceptors (Lipinski definition) is 7. The number of rotatable bonds is 6. The van der Waals surface area contributed by atoms with Crippen molar-refractivity contribution in [2.45, 2.75) is 29.9 Å². The number of ether oxygens (including phenoxy) is 1. The van der Waals surface area contributed by atoms with Crippen LogP contribution < -0.4 is 0 Å². The minimum atomic E-state index is -0.559. The first-order valence-corrected chi connectivity index (χ1v) is 10.0. The zero-order valence-electron chi connectivity index (χ0n) is 14.3. The molecule has 8 heteroatoms. The molecule has 0 unspecified atom stereocenters. The summed E-state index contributed by atoms with van der Waals surface area (Å²) in [7, 11) is 0. The van der Waals surface area contributed by atoms with Crippen molar-refractivity contribution in [1.29, 1.82) is 0 Å². The maximum Gasteiger partial charge on any atom is 0.338 e. The molecule has 1 aliphatic heterocycles. The average molecular weight is 390 g/mol. The molecule has 0 spiro atoms. The van der Waals surface area contributed by atoms with Gasteiger partial charge in [0.05, 0.1) is 5.56 Å². The quantitative estimate of drug-likeness (QED) is 0.557. The lowest BCUT2D eigenvalue weighted by Gasteiger charge is -2.14. The van der Waals surface area contributed by atoms with Gasteiger partial charge in [-0.3, -0.25) is 14.5 Å². The first-order valence-electron chi connectivity index (χ1n) is 8.18. The molecule has 2 amide bonds. The lowest BCUT2D eigenvalue weighted by Crippen LogP contribution is -2.35. The van der Waals surface area contributed by atoms with E-state index in [-0.39, 0.29) is 5.91 Å². The lowest BCUT2D eigenvalue weighted by molar-refractivity contribution is -0.143. The van der Waals surface area contributed by atoms with Gasteiger partial charge in [-0.15, -0.1) is 11.3 Å². The van der Waals surface area contributed by atoms with Crippen molar-refractivity contribution in [2.24, 2.45) is 0 Å². The van der Waals surface area contributed by atoms with Gasteiger partial charge < -0.3 is 4.74 Å². The van der Waals surface area contributed by atoms with Crippen molar-refractivity contribution >= 4 is 40.9 Å². The second-order valence-electron chi connectivity index (χ2n) is 5.82. The smallest absolute Gasteiger partial charge is 0.338 e. The van der Waals surface area contributed by atoms with Crippen molar-refractivity contribution in [1.82, 2.24) is 9.88 Å². The van der Waals surface area contributed by atoms with Gasteiger partial charge in [-0.05, 0) is 25.0 Å². The van der Waals surface area contributed by atoms with E-state index in [0.29, 0.717) is 30.7 Å². The molecule has 0 bridgehead atoms. The van der Waals surface area contributed by atoms with Gasteiger partial charge in [0.1, 0.15) is 4.34 Å². The zero-order chi connectivity index (χ0) is 18.5. The number of benzene rings is 1. The molecular formula is C18H18N2O4S2. The normalized spacial score (nSPS) is 13.9. The van der Waals surface area contributed by atoms with Crippen LogP contribution in [0.25, 0.3) is 0 Å². The Morgan fingerprint density at radius 2 is 2.15 bits per heavy atom. The molecule has 0 N–H and O–H groups in total. The number of thioether (sulfide) groups is 1. The maximum absolute atomic E-state index is 12.4. The third-order valence-corrected chi connectivity index (χ3v) is 6.08. The molecule has 1 aliphatic rings. The van der Waals surface area contributed by atoms with Gasteiger partial charge in [-0.25, -0.2) is 9.78 Å². The molecule has 26 heavy (non-hydrogen) atoms. The Hall–Kier alpha value is -2.19. The monoisotopic (exact) mass is 390 g/mol. The van der Waals surface area contributed by atoms with E-state index in [1.54, 1.807) is 35.2 Å². The molecule has 1 fully saturated rings. The SMILES string of the molecule is Cc1csc(SCc2ccccc2C(=O)OCC(=O)N2CCCC2=O)n1. The highest BCUT2D eigenvalue weighted by Crippen LogP contribution is 2.27. The minimum Gasteiger partial charge on any atom is -0.452 e. The van der Waals surface area contributed by atoms with Gasteiger partial charge in [0.2, 0.25) is 5.91 Å². The standard InChI is InChI=1S/C18H18N2O4S2/c1-12-10-25-18(19-12)26-11-13-5-2-3-6-14(13)17(23)24-9-16(22)20-8-4-7-15(20)21/h2-3,5-6,10H,4,7-9,11H2,1H3. The average Bonchev–Trinajstić information content (AvgIpc) is 3.26. The number of carbonyl (C=O) groups excluding carboxylic acids is 3. The molecular weight excluding hydrogens is 372 g/mol. The number of hydrogen-bond donors (Lipinski definition) is 0. The number of aromatic nitrogens is 1. The van der Waals surface area contributed by atoms with Gasteiger partial charge in [0.15, 0.2) is 6.61 Å². The van der Waals surface area contributed by atoms with E-state index < -0.39 is 18.5 Å². The fourth-order valence-electron chi connectivity index (χ4n) is 2.58. The number of amides is 2. The Balaban J connectivity index is 1.60. The summed E-state index contributed by atoms with van der Waals surface area (Å²) in [6.45, 7) is 1.92. The fourth-order valence-corrected chi connectivity index (χ4v) is 4.43. The van der Waals surface area contributed by atoms with Crippen LogP contribution in [0.3, 0.4) is 0 Å². The highest BCUT2D eigenvalue weighted by molar-refractivity contribution is 8.00. The predicted octanol–water partition coefficient (Wildman–Crippen LogP) is 3.05. The largest absolute Gasteiger partial charge is 0.452 e. The summed E-state index contributed by atoms with van der Waals surface area (Å²) in [4.78, 5) is 41.5. The Bertz CT molecular complexity index is 834. The molecule has 0 saturated carbocycles. The summed E-state index contributed by atoms with van der Waals surface area (Å²) in [5, 5.41) is 1.98. The van der Waals surface area contributed by atoms with Crippen molar-refractivity contribution < 1.29 is 19.1 Å². The first-order chi connectivity index (χ1) is 12.5. The fraction of sp³-hybridized carbons (Fsp3) is 0.333. The number of esters is 1. The minimum absolute atomic E-state index is 0.207. The Labute approximate surface area is 159 Å². The number of likely N-dealkylation sites (tertiary alicyclic amines) is 1. The van der Waals surface area contributed by atoms with E-state index in [1.165, 1.54) is 0 Å². The van der Waals surface area contributed by atoms with Crippen molar-refractivity contribution in [3.8, 4) is 0 Å². The second-order valence-corrected chi connectivity index (χ2v) is 7.90. The van der Waals surface area contributed by atoms with Gasteiger partial charge in [-0.2, -0.15) is 0 Å². The van der Waals surface area contributed by atoms with Gasteiger partial charge >= 0.3 is 5.97 Å². The van der Waals surface area contributed by atoms with E-state index in [1.807, 2.05) is 24.4 Å². The highest BCUT2D eigenvalue weighted by Gasteiger charge is 2.27. The van der Waals surface area contributed by atoms with Crippen LogP contribution in [-0.2, 0) is 20.1 Å². The lowest BCUT2D eigenvalue weighted by atomic mass is 10.1. The third kappa shape index (κ3) is 4.50. The second kappa shape index (κ2) is 8.46. The summed E-state index contributed by atoms with van der Waals surface area (Å²) in [5.41, 5.74) is 2.22. The van der Waals surface area contributed by atoms with E-state index in [9.17, 15) is 14.4 Å². The van der Waals surface area contributed by atoms with Crippen molar-refractivity contribution in [3.05, 3.63) is 46.5 Å². The Morgan fingerprint density at radius 3 is 2.85 bits per heavy atom. The molecule has 3 rings (SSSR count). The zero-order valence-corrected chi connectivity index (χ0v) is 15.9. The van der Waals surface area contributed by atoms with Crippen LogP contribution in [0.1, 0.15) is 34.5 Å². The molecule has 0 atom stereocenters. The number of thiazole rings is 1. The summed E-state index contributed by atoms with van der Waals surface area (Å²) >= 11 is 3.12. The number of carbonyl (C=O) groups is 3. The molecule has 6 nitrogen and oxygen atoms in total. The van der Waals surface area contributed by atoms with Gasteiger partial charge in [-0.1, -0.05) is 30.0 Å². The van der Waals surface area contributed by atoms with E-state index in [0.717, 1.165) is 20.5 Å². The topological polar surface area (TPSA) is 76.6 Å². The van der Waals surface area contributed by atoms with E-state index in [4.69, 9.17) is 4.74 Å². The predicted molar refractivity (Wildman–Crippen MR) is 99.1 cm³/mol. The van der Waals surface area contributed by atoms with Crippen LogP contribution in [-0.4, -0.2) is 40.8 Å². The van der Waals surface area contributed by atoms with Crippen LogP contribution in [0.15, 0.2) is 34.0 Å². The highest BCUT2D eigenvalue weighted by atomic mass is 32.2.